The van der Waals surface area contributed by atoms with Gasteiger partial charge in [-0.15, -0.1) is 0 Å². The molecular weight excluding hydrogens is 315 g/mol. The highest BCUT2D eigenvalue weighted by molar-refractivity contribution is 5.76. The molecule has 0 fully saturated rings. The van der Waals surface area contributed by atoms with Crippen LogP contribution in [0.2, 0.25) is 0 Å². The maximum atomic E-state index is 12.5. The van der Waals surface area contributed by atoms with E-state index in [0.717, 1.165) is 12.1 Å². The Labute approximate surface area is 132 Å². The number of amides is 1. The SMILES string of the molecule is COC(C)CC(=O)NCC(O)COc1cccc(C(F)(F)F)c1. The Hall–Kier alpha value is -1.80. The quantitative estimate of drug-likeness (QED) is 0.762. The summed E-state index contributed by atoms with van der Waals surface area (Å²) >= 11 is 0. The number of rotatable bonds is 8. The van der Waals surface area contributed by atoms with Crippen molar-refractivity contribution in [1.29, 1.82) is 0 Å². The molecule has 2 N–H and O–H groups in total. The summed E-state index contributed by atoms with van der Waals surface area (Å²) < 4.78 is 47.7. The molecule has 1 aromatic rings. The molecule has 0 aromatic heterocycles. The van der Waals surface area contributed by atoms with Crippen LogP contribution < -0.4 is 10.1 Å². The lowest BCUT2D eigenvalue weighted by molar-refractivity contribution is -0.137. The van der Waals surface area contributed by atoms with Crippen LogP contribution in [0.25, 0.3) is 0 Å². The third-order valence-electron chi connectivity index (χ3n) is 3.01. The molecule has 0 heterocycles. The second-order valence-corrected chi connectivity index (χ2v) is 5.04. The Morgan fingerprint density at radius 3 is 2.70 bits per heavy atom. The molecule has 0 aliphatic heterocycles. The Bertz CT molecular complexity index is 508. The van der Waals surface area contributed by atoms with Crippen LogP contribution >= 0.6 is 0 Å². The zero-order valence-corrected chi connectivity index (χ0v) is 12.9. The summed E-state index contributed by atoms with van der Waals surface area (Å²) in [5.74, 6) is -0.296. The number of methoxy groups -OCH3 is 1. The van der Waals surface area contributed by atoms with Gasteiger partial charge in [-0.1, -0.05) is 6.07 Å². The molecule has 5 nitrogen and oxygen atoms in total. The average Bonchev–Trinajstić information content (AvgIpc) is 2.50. The van der Waals surface area contributed by atoms with Gasteiger partial charge in [-0.05, 0) is 25.1 Å². The molecule has 0 spiro atoms. The number of aliphatic hydroxyl groups excluding tert-OH is 1. The molecule has 1 rings (SSSR count). The van der Waals surface area contributed by atoms with Crippen LogP contribution in [0.1, 0.15) is 18.9 Å². The predicted molar refractivity (Wildman–Crippen MR) is 77.0 cm³/mol. The molecule has 130 valence electrons. The summed E-state index contributed by atoms with van der Waals surface area (Å²) in [5, 5.41) is 12.2. The molecule has 2 atom stereocenters. The van der Waals surface area contributed by atoms with Gasteiger partial charge >= 0.3 is 6.18 Å². The number of alkyl halides is 3. The number of benzene rings is 1. The lowest BCUT2D eigenvalue weighted by atomic mass is 10.2. The smallest absolute Gasteiger partial charge is 0.416 e. The minimum Gasteiger partial charge on any atom is -0.491 e. The van der Waals surface area contributed by atoms with Crippen LogP contribution in [0.5, 0.6) is 5.75 Å². The number of carbonyl (C=O) groups excluding carboxylic acids is 1. The van der Waals surface area contributed by atoms with Gasteiger partial charge in [0.1, 0.15) is 18.5 Å². The minimum absolute atomic E-state index is 0.00166. The monoisotopic (exact) mass is 335 g/mol. The second kappa shape index (κ2) is 8.73. The Kier molecular flexibility index (Phi) is 7.31. The van der Waals surface area contributed by atoms with Gasteiger partial charge in [-0.25, -0.2) is 0 Å². The molecule has 1 amide bonds. The molecule has 0 radical (unpaired) electrons. The Morgan fingerprint density at radius 1 is 1.39 bits per heavy atom. The summed E-state index contributed by atoms with van der Waals surface area (Å²) in [4.78, 5) is 11.5. The van der Waals surface area contributed by atoms with Gasteiger partial charge in [0.2, 0.25) is 5.91 Å². The number of hydrogen-bond donors (Lipinski definition) is 2. The van der Waals surface area contributed by atoms with E-state index < -0.39 is 17.8 Å². The topological polar surface area (TPSA) is 67.8 Å². The van der Waals surface area contributed by atoms with Gasteiger partial charge in [0.25, 0.3) is 0 Å². The van der Waals surface area contributed by atoms with E-state index in [9.17, 15) is 23.1 Å². The lowest BCUT2D eigenvalue weighted by Gasteiger charge is -2.15. The van der Waals surface area contributed by atoms with Crippen LogP contribution in [0, 0.1) is 0 Å². The van der Waals surface area contributed by atoms with Crippen molar-refractivity contribution < 1.29 is 32.5 Å². The van der Waals surface area contributed by atoms with E-state index in [1.165, 1.54) is 19.2 Å². The third-order valence-corrected chi connectivity index (χ3v) is 3.01. The van der Waals surface area contributed by atoms with Gasteiger partial charge in [-0.2, -0.15) is 13.2 Å². The molecule has 23 heavy (non-hydrogen) atoms. The number of carbonyl (C=O) groups is 1. The zero-order valence-electron chi connectivity index (χ0n) is 12.9. The number of nitrogens with one attached hydrogen (secondary N) is 1. The van der Waals surface area contributed by atoms with Crippen LogP contribution in [0.3, 0.4) is 0 Å². The standard InChI is InChI=1S/C15H20F3NO4/c1-10(22-2)6-14(21)19-8-12(20)9-23-13-5-3-4-11(7-13)15(16,17)18/h3-5,7,10,12,20H,6,8-9H2,1-2H3,(H,19,21). The normalized spacial score (nSPS) is 14.2. The molecule has 0 bridgehead atoms. The molecule has 1 aromatic carbocycles. The van der Waals surface area contributed by atoms with Gasteiger partial charge in [0, 0.05) is 13.7 Å². The summed E-state index contributed by atoms with van der Waals surface area (Å²) in [5.41, 5.74) is -0.827. The van der Waals surface area contributed by atoms with Crippen molar-refractivity contribution in [2.45, 2.75) is 31.7 Å². The van der Waals surface area contributed by atoms with Gasteiger partial charge in [0.15, 0.2) is 0 Å². The van der Waals surface area contributed by atoms with Crippen molar-refractivity contribution in [1.82, 2.24) is 5.32 Å². The molecule has 0 saturated carbocycles. The Morgan fingerprint density at radius 2 is 2.09 bits per heavy atom. The third kappa shape index (κ3) is 7.34. The van der Waals surface area contributed by atoms with Crippen LogP contribution in [0.4, 0.5) is 13.2 Å². The van der Waals surface area contributed by atoms with Crippen molar-refractivity contribution in [2.24, 2.45) is 0 Å². The van der Waals surface area contributed by atoms with Gasteiger partial charge in [-0.3, -0.25) is 4.79 Å². The first-order valence-electron chi connectivity index (χ1n) is 7.00. The number of hydrogen-bond acceptors (Lipinski definition) is 4. The fourth-order valence-corrected chi connectivity index (χ4v) is 1.66. The fourth-order valence-electron chi connectivity index (χ4n) is 1.66. The highest BCUT2D eigenvalue weighted by Gasteiger charge is 2.30. The first-order chi connectivity index (χ1) is 10.7. The first-order valence-corrected chi connectivity index (χ1v) is 7.00. The molecular formula is C15H20F3NO4. The minimum atomic E-state index is -4.45. The van der Waals surface area contributed by atoms with Crippen LogP contribution in [-0.2, 0) is 15.7 Å². The number of ether oxygens (including phenoxy) is 2. The van der Waals surface area contributed by atoms with Crippen LogP contribution in [-0.4, -0.2) is 43.5 Å². The van der Waals surface area contributed by atoms with Crippen molar-refractivity contribution in [2.75, 3.05) is 20.3 Å². The summed E-state index contributed by atoms with van der Waals surface area (Å²) in [6, 6.07) is 4.37. The van der Waals surface area contributed by atoms with Crippen LogP contribution in [0.15, 0.2) is 24.3 Å². The van der Waals surface area contributed by atoms with E-state index in [-0.39, 0.29) is 37.3 Å². The van der Waals surface area contributed by atoms with Crippen molar-refractivity contribution in [3.63, 3.8) is 0 Å². The summed E-state index contributed by atoms with van der Waals surface area (Å²) in [6.45, 7) is 1.43. The molecule has 0 aliphatic rings. The number of aliphatic hydroxyl groups is 1. The fraction of sp³-hybridized carbons (Fsp3) is 0.533. The molecule has 8 heteroatoms. The number of halogens is 3. The van der Waals surface area contributed by atoms with Gasteiger partial charge < -0.3 is 19.9 Å². The highest BCUT2D eigenvalue weighted by Crippen LogP contribution is 2.31. The lowest BCUT2D eigenvalue weighted by Crippen LogP contribution is -2.36. The Balaban J connectivity index is 2.39. The van der Waals surface area contributed by atoms with E-state index in [2.05, 4.69) is 5.32 Å². The van der Waals surface area contributed by atoms with Crippen molar-refractivity contribution in [3.8, 4) is 5.75 Å². The highest BCUT2D eigenvalue weighted by atomic mass is 19.4. The zero-order chi connectivity index (χ0) is 17.5. The van der Waals surface area contributed by atoms with Crippen molar-refractivity contribution >= 4 is 5.91 Å². The van der Waals surface area contributed by atoms with Crippen molar-refractivity contribution in [3.05, 3.63) is 29.8 Å². The van der Waals surface area contributed by atoms with E-state index in [0.29, 0.717) is 0 Å². The maximum absolute atomic E-state index is 12.5. The molecule has 0 aliphatic carbocycles. The second-order valence-electron chi connectivity index (χ2n) is 5.04. The first kappa shape index (κ1) is 19.2. The molecule has 2 unspecified atom stereocenters. The summed E-state index contributed by atoms with van der Waals surface area (Å²) in [7, 11) is 1.48. The van der Waals surface area contributed by atoms with E-state index in [1.54, 1.807) is 6.92 Å². The average molecular weight is 335 g/mol. The predicted octanol–water partition coefficient (Wildman–Crippen LogP) is 1.99. The maximum Gasteiger partial charge on any atom is 0.416 e. The van der Waals surface area contributed by atoms with E-state index in [4.69, 9.17) is 9.47 Å². The van der Waals surface area contributed by atoms with Gasteiger partial charge in [0.05, 0.1) is 18.1 Å². The molecule has 0 saturated heterocycles. The van der Waals surface area contributed by atoms with E-state index >= 15 is 0 Å². The van der Waals surface area contributed by atoms with E-state index in [1.807, 2.05) is 0 Å². The summed E-state index contributed by atoms with van der Waals surface area (Å²) in [6.07, 6.45) is -5.58. The largest absolute Gasteiger partial charge is 0.491 e.